The van der Waals surface area contributed by atoms with E-state index in [-0.39, 0.29) is 6.61 Å². The van der Waals surface area contributed by atoms with E-state index in [1.807, 2.05) is 13.0 Å². The summed E-state index contributed by atoms with van der Waals surface area (Å²) in [5, 5.41) is 0. The van der Waals surface area contributed by atoms with E-state index in [0.29, 0.717) is 11.4 Å². The molecule has 3 heteroatoms. The zero-order valence-corrected chi connectivity index (χ0v) is 8.80. The molecule has 2 nitrogen and oxygen atoms in total. The van der Waals surface area contributed by atoms with Gasteiger partial charge in [0.25, 0.3) is 0 Å². The van der Waals surface area contributed by atoms with Crippen molar-refractivity contribution in [1.82, 2.24) is 0 Å². The molecule has 0 saturated carbocycles. The summed E-state index contributed by atoms with van der Waals surface area (Å²) in [6.07, 6.45) is 0. The molecule has 0 bridgehead atoms. The van der Waals surface area contributed by atoms with Gasteiger partial charge in [-0.05, 0) is 32.4 Å². The van der Waals surface area contributed by atoms with Crippen molar-refractivity contribution in [2.24, 2.45) is 0 Å². The van der Waals surface area contributed by atoms with Gasteiger partial charge in [0.15, 0.2) is 0 Å². The number of rotatable bonds is 3. The second-order valence-corrected chi connectivity index (χ2v) is 4.03. The van der Waals surface area contributed by atoms with Crippen LogP contribution < -0.4 is 10.5 Å². The SMILES string of the molecule is Cc1ccc(N)cc1OCC(C)(C)F. The van der Waals surface area contributed by atoms with E-state index in [9.17, 15) is 4.39 Å². The summed E-state index contributed by atoms with van der Waals surface area (Å²) >= 11 is 0. The summed E-state index contributed by atoms with van der Waals surface area (Å²) in [4.78, 5) is 0. The first-order chi connectivity index (χ1) is 6.38. The number of nitrogens with two attached hydrogens (primary N) is 1. The van der Waals surface area contributed by atoms with Gasteiger partial charge in [0.2, 0.25) is 0 Å². The number of nitrogen functional groups attached to an aromatic ring is 1. The van der Waals surface area contributed by atoms with Gasteiger partial charge in [-0.2, -0.15) is 0 Å². The summed E-state index contributed by atoms with van der Waals surface area (Å²) in [6, 6.07) is 5.36. The Kier molecular flexibility index (Phi) is 2.99. The zero-order valence-electron chi connectivity index (χ0n) is 8.80. The second kappa shape index (κ2) is 3.86. The van der Waals surface area contributed by atoms with Crippen molar-refractivity contribution in [2.45, 2.75) is 26.4 Å². The van der Waals surface area contributed by atoms with Crippen molar-refractivity contribution >= 4 is 5.69 Å². The fourth-order valence-electron chi connectivity index (χ4n) is 1.02. The second-order valence-electron chi connectivity index (χ2n) is 4.03. The van der Waals surface area contributed by atoms with Crippen LogP contribution in [0.5, 0.6) is 5.75 Å². The average Bonchev–Trinajstić information content (AvgIpc) is 2.05. The molecule has 0 radical (unpaired) electrons. The first kappa shape index (κ1) is 10.8. The Morgan fingerprint density at radius 1 is 1.43 bits per heavy atom. The third-order valence-electron chi connectivity index (χ3n) is 1.78. The number of aryl methyl sites for hydroxylation is 1. The summed E-state index contributed by atoms with van der Waals surface area (Å²) in [7, 11) is 0. The third kappa shape index (κ3) is 3.24. The van der Waals surface area contributed by atoms with Crippen molar-refractivity contribution in [2.75, 3.05) is 12.3 Å². The zero-order chi connectivity index (χ0) is 10.8. The highest BCUT2D eigenvalue weighted by atomic mass is 19.1. The molecule has 0 unspecified atom stereocenters. The number of benzene rings is 1. The number of ether oxygens (including phenoxy) is 1. The van der Waals surface area contributed by atoms with Crippen molar-refractivity contribution in [3.05, 3.63) is 23.8 Å². The topological polar surface area (TPSA) is 35.2 Å². The van der Waals surface area contributed by atoms with Gasteiger partial charge < -0.3 is 10.5 Å². The number of anilines is 1. The standard InChI is InChI=1S/C11H16FNO/c1-8-4-5-9(13)6-10(8)14-7-11(2,3)12/h4-6H,7,13H2,1-3H3. The third-order valence-corrected chi connectivity index (χ3v) is 1.78. The normalized spacial score (nSPS) is 11.4. The van der Waals surface area contributed by atoms with Crippen LogP contribution in [0, 0.1) is 6.92 Å². The van der Waals surface area contributed by atoms with E-state index in [0.717, 1.165) is 5.56 Å². The Labute approximate surface area is 83.9 Å². The fraction of sp³-hybridized carbons (Fsp3) is 0.455. The van der Waals surface area contributed by atoms with Crippen LogP contribution in [0.3, 0.4) is 0 Å². The highest BCUT2D eigenvalue weighted by Gasteiger charge is 2.16. The average molecular weight is 197 g/mol. The summed E-state index contributed by atoms with van der Waals surface area (Å²) in [5.41, 5.74) is 5.86. The molecule has 0 aliphatic rings. The minimum atomic E-state index is -1.32. The summed E-state index contributed by atoms with van der Waals surface area (Å²) in [5.74, 6) is 0.649. The van der Waals surface area contributed by atoms with Crippen LogP contribution in [-0.2, 0) is 0 Å². The lowest BCUT2D eigenvalue weighted by atomic mass is 10.2. The highest BCUT2D eigenvalue weighted by Crippen LogP contribution is 2.22. The molecule has 0 saturated heterocycles. The molecule has 0 heterocycles. The van der Waals surface area contributed by atoms with Gasteiger partial charge in [-0.3, -0.25) is 0 Å². The summed E-state index contributed by atoms with van der Waals surface area (Å²) in [6.45, 7) is 4.90. The van der Waals surface area contributed by atoms with E-state index in [1.54, 1.807) is 12.1 Å². The van der Waals surface area contributed by atoms with Crippen molar-refractivity contribution < 1.29 is 9.13 Å². The predicted molar refractivity (Wildman–Crippen MR) is 56.3 cm³/mol. The van der Waals surface area contributed by atoms with E-state index in [2.05, 4.69) is 0 Å². The number of halogens is 1. The lowest BCUT2D eigenvalue weighted by molar-refractivity contribution is 0.120. The van der Waals surface area contributed by atoms with Gasteiger partial charge in [0.05, 0.1) is 0 Å². The van der Waals surface area contributed by atoms with Crippen LogP contribution in [0.4, 0.5) is 10.1 Å². The van der Waals surface area contributed by atoms with Gasteiger partial charge in [-0.1, -0.05) is 6.07 Å². The highest BCUT2D eigenvalue weighted by molar-refractivity contribution is 5.47. The van der Waals surface area contributed by atoms with Crippen LogP contribution in [-0.4, -0.2) is 12.3 Å². The largest absolute Gasteiger partial charge is 0.490 e. The molecule has 0 amide bonds. The smallest absolute Gasteiger partial charge is 0.139 e. The van der Waals surface area contributed by atoms with E-state index in [1.165, 1.54) is 13.8 Å². The van der Waals surface area contributed by atoms with Crippen LogP contribution >= 0.6 is 0 Å². The molecular formula is C11H16FNO. The number of hydrogen-bond donors (Lipinski definition) is 1. The Balaban J connectivity index is 2.72. The quantitative estimate of drug-likeness (QED) is 0.756. The van der Waals surface area contributed by atoms with Gasteiger partial charge in [0.1, 0.15) is 18.0 Å². The Morgan fingerprint density at radius 2 is 2.07 bits per heavy atom. The monoisotopic (exact) mass is 197 g/mol. The molecule has 14 heavy (non-hydrogen) atoms. The molecule has 78 valence electrons. The Bertz CT molecular complexity index is 318. The molecule has 0 atom stereocenters. The fourth-order valence-corrected chi connectivity index (χ4v) is 1.02. The molecular weight excluding hydrogens is 181 g/mol. The predicted octanol–water partition coefficient (Wildman–Crippen LogP) is 2.70. The molecule has 0 aromatic heterocycles. The Hall–Kier alpha value is -1.25. The maximum atomic E-state index is 13.2. The molecule has 0 spiro atoms. The van der Waals surface area contributed by atoms with E-state index in [4.69, 9.17) is 10.5 Å². The van der Waals surface area contributed by atoms with Gasteiger partial charge in [0, 0.05) is 11.8 Å². The minimum absolute atomic E-state index is 0.0390. The maximum Gasteiger partial charge on any atom is 0.139 e. The molecule has 1 rings (SSSR count). The Morgan fingerprint density at radius 3 is 2.64 bits per heavy atom. The van der Waals surface area contributed by atoms with Crippen molar-refractivity contribution in [3.8, 4) is 5.75 Å². The molecule has 0 fully saturated rings. The van der Waals surface area contributed by atoms with Crippen LogP contribution in [0.2, 0.25) is 0 Å². The van der Waals surface area contributed by atoms with Gasteiger partial charge >= 0.3 is 0 Å². The first-order valence-electron chi connectivity index (χ1n) is 4.56. The lowest BCUT2D eigenvalue weighted by Crippen LogP contribution is -2.22. The van der Waals surface area contributed by atoms with E-state index >= 15 is 0 Å². The molecule has 1 aromatic rings. The van der Waals surface area contributed by atoms with Crippen molar-refractivity contribution in [1.29, 1.82) is 0 Å². The molecule has 2 N–H and O–H groups in total. The molecule has 1 aromatic carbocycles. The van der Waals surface area contributed by atoms with Crippen LogP contribution in [0.15, 0.2) is 18.2 Å². The van der Waals surface area contributed by atoms with Crippen LogP contribution in [0.25, 0.3) is 0 Å². The first-order valence-corrected chi connectivity index (χ1v) is 4.56. The molecule has 0 aliphatic heterocycles. The van der Waals surface area contributed by atoms with Crippen molar-refractivity contribution in [3.63, 3.8) is 0 Å². The van der Waals surface area contributed by atoms with Gasteiger partial charge in [-0.25, -0.2) is 4.39 Å². The van der Waals surface area contributed by atoms with Gasteiger partial charge in [-0.15, -0.1) is 0 Å². The maximum absolute atomic E-state index is 13.2. The van der Waals surface area contributed by atoms with Crippen LogP contribution in [0.1, 0.15) is 19.4 Å². The molecule has 0 aliphatic carbocycles. The minimum Gasteiger partial charge on any atom is -0.490 e. The van der Waals surface area contributed by atoms with E-state index < -0.39 is 5.67 Å². The number of alkyl halides is 1. The summed E-state index contributed by atoms with van der Waals surface area (Å²) < 4.78 is 18.5. The number of hydrogen-bond acceptors (Lipinski definition) is 2. The lowest BCUT2D eigenvalue weighted by Gasteiger charge is -2.16.